The molecule has 0 aliphatic heterocycles. The summed E-state index contributed by atoms with van der Waals surface area (Å²) in [4.78, 5) is 10.1. The maximum absolute atomic E-state index is 12.8. The lowest BCUT2D eigenvalue weighted by Gasteiger charge is -2.07. The summed E-state index contributed by atoms with van der Waals surface area (Å²) >= 11 is 0. The molecule has 7 heteroatoms. The zero-order valence-corrected chi connectivity index (χ0v) is 10.4. The smallest absolute Gasteiger partial charge is 0.328 e. The van der Waals surface area contributed by atoms with Gasteiger partial charge < -0.3 is 5.11 Å². The molecule has 0 saturated carbocycles. The predicted molar refractivity (Wildman–Crippen MR) is 63.1 cm³/mol. The van der Waals surface area contributed by atoms with Crippen LogP contribution in [0.5, 0.6) is 0 Å². The monoisotopic (exact) mass is 273 g/mol. The number of halogens is 1. The molecule has 0 unspecified atom stereocenters. The molecule has 0 radical (unpaired) electrons. The number of benzene rings is 1. The predicted octanol–water partition coefficient (Wildman–Crippen LogP) is 1.05. The molecule has 18 heavy (non-hydrogen) atoms. The molecule has 0 spiro atoms. The largest absolute Gasteiger partial charge is 0.478 e. The maximum atomic E-state index is 12.8. The first kappa shape index (κ1) is 14.3. The number of carboxylic acid groups (broad SMARTS) is 1. The van der Waals surface area contributed by atoms with Crippen LogP contribution in [0.15, 0.2) is 35.2 Å². The van der Waals surface area contributed by atoms with Gasteiger partial charge in [0.05, 0.1) is 4.90 Å². The van der Waals surface area contributed by atoms with E-state index in [1.807, 2.05) is 0 Å². The zero-order valence-electron chi connectivity index (χ0n) is 9.55. The zero-order chi connectivity index (χ0) is 13.8. The number of hydrogen-bond acceptors (Lipinski definition) is 3. The fraction of sp³-hybridized carbons (Fsp3) is 0.182. The number of sulfonamides is 1. The van der Waals surface area contributed by atoms with E-state index in [1.54, 1.807) is 0 Å². The molecule has 0 aliphatic rings. The Kier molecular flexibility index (Phi) is 4.57. The summed E-state index contributed by atoms with van der Waals surface area (Å²) in [6, 6.07) is 3.32. The summed E-state index contributed by atoms with van der Waals surface area (Å²) in [6.07, 6.45) is 2.00. The van der Waals surface area contributed by atoms with E-state index < -0.39 is 21.8 Å². The highest BCUT2D eigenvalue weighted by molar-refractivity contribution is 7.89. The average Bonchev–Trinajstić information content (AvgIpc) is 2.23. The fourth-order valence-corrected chi connectivity index (χ4v) is 2.51. The molecule has 0 saturated heterocycles. The Bertz CT molecular complexity index is 581. The topological polar surface area (TPSA) is 83.5 Å². The van der Waals surface area contributed by atoms with Crippen LogP contribution in [-0.4, -0.2) is 26.0 Å². The fourth-order valence-electron chi connectivity index (χ4n) is 1.31. The quantitative estimate of drug-likeness (QED) is 0.785. The minimum atomic E-state index is -3.77. The highest BCUT2D eigenvalue weighted by Crippen LogP contribution is 2.15. The third-order valence-corrected chi connectivity index (χ3v) is 3.66. The van der Waals surface area contributed by atoms with Gasteiger partial charge in [0.2, 0.25) is 10.0 Å². The molecule has 0 fully saturated rings. The van der Waals surface area contributed by atoms with Gasteiger partial charge in [0, 0.05) is 12.6 Å². The molecule has 0 amide bonds. The van der Waals surface area contributed by atoms with Gasteiger partial charge in [-0.25, -0.2) is 22.3 Å². The standard InChI is InChI=1S/C11H12FNO4S/c1-8-7-9(12)4-5-10(8)18(16,17)13-6-2-3-11(14)15/h2-5,7,13H,6H2,1H3,(H,14,15)/b3-2+. The van der Waals surface area contributed by atoms with Gasteiger partial charge in [-0.2, -0.15) is 0 Å². The Morgan fingerprint density at radius 2 is 2.17 bits per heavy atom. The molecular formula is C11H12FNO4S. The Morgan fingerprint density at radius 1 is 1.50 bits per heavy atom. The van der Waals surface area contributed by atoms with Crippen molar-refractivity contribution < 1.29 is 22.7 Å². The molecule has 0 heterocycles. The first-order chi connectivity index (χ1) is 8.33. The van der Waals surface area contributed by atoms with Gasteiger partial charge in [-0.1, -0.05) is 6.08 Å². The van der Waals surface area contributed by atoms with Gasteiger partial charge in [-0.3, -0.25) is 0 Å². The molecule has 0 aromatic heterocycles. The minimum absolute atomic E-state index is 0.0346. The van der Waals surface area contributed by atoms with Crippen molar-refractivity contribution in [1.82, 2.24) is 4.72 Å². The third kappa shape index (κ3) is 3.94. The maximum Gasteiger partial charge on any atom is 0.328 e. The van der Waals surface area contributed by atoms with E-state index in [4.69, 9.17) is 5.11 Å². The molecule has 0 atom stereocenters. The molecular weight excluding hydrogens is 261 g/mol. The van der Waals surface area contributed by atoms with E-state index in [9.17, 15) is 17.6 Å². The van der Waals surface area contributed by atoms with E-state index in [0.29, 0.717) is 0 Å². The van der Waals surface area contributed by atoms with Gasteiger partial charge in [-0.05, 0) is 30.7 Å². The number of rotatable bonds is 5. The molecule has 1 aromatic carbocycles. The normalized spacial score (nSPS) is 11.9. The van der Waals surface area contributed by atoms with Crippen molar-refractivity contribution in [1.29, 1.82) is 0 Å². The van der Waals surface area contributed by atoms with Crippen LogP contribution in [0.1, 0.15) is 5.56 Å². The number of aryl methyl sites for hydroxylation is 1. The molecule has 2 N–H and O–H groups in total. The van der Waals surface area contributed by atoms with Gasteiger partial charge in [0.15, 0.2) is 0 Å². The second-order valence-electron chi connectivity index (χ2n) is 3.50. The van der Waals surface area contributed by atoms with Crippen LogP contribution in [0.25, 0.3) is 0 Å². The van der Waals surface area contributed by atoms with Crippen molar-refractivity contribution in [3.8, 4) is 0 Å². The molecule has 1 aromatic rings. The highest BCUT2D eigenvalue weighted by Gasteiger charge is 2.15. The van der Waals surface area contributed by atoms with Crippen LogP contribution >= 0.6 is 0 Å². The van der Waals surface area contributed by atoms with Gasteiger partial charge >= 0.3 is 5.97 Å². The van der Waals surface area contributed by atoms with E-state index >= 15 is 0 Å². The lowest BCUT2D eigenvalue weighted by molar-refractivity contribution is -0.131. The first-order valence-electron chi connectivity index (χ1n) is 4.98. The van der Waals surface area contributed by atoms with E-state index in [0.717, 1.165) is 24.3 Å². The summed E-state index contributed by atoms with van der Waals surface area (Å²) in [6.45, 7) is 1.33. The van der Waals surface area contributed by atoms with Crippen LogP contribution in [0, 0.1) is 12.7 Å². The lowest BCUT2D eigenvalue weighted by atomic mass is 10.2. The van der Waals surface area contributed by atoms with E-state index in [-0.39, 0.29) is 17.0 Å². The summed E-state index contributed by atoms with van der Waals surface area (Å²) in [5.74, 6) is -1.68. The van der Waals surface area contributed by atoms with Crippen molar-refractivity contribution in [3.05, 3.63) is 41.7 Å². The number of carboxylic acids is 1. The molecule has 0 bridgehead atoms. The highest BCUT2D eigenvalue weighted by atomic mass is 32.2. The lowest BCUT2D eigenvalue weighted by Crippen LogP contribution is -2.24. The van der Waals surface area contributed by atoms with E-state index in [2.05, 4.69) is 4.72 Å². The number of nitrogens with one attached hydrogen (secondary N) is 1. The second kappa shape index (κ2) is 5.74. The Labute approximate surface area is 104 Å². The number of aliphatic carboxylic acids is 1. The van der Waals surface area contributed by atoms with Crippen LogP contribution in [0.3, 0.4) is 0 Å². The van der Waals surface area contributed by atoms with Crippen molar-refractivity contribution in [2.45, 2.75) is 11.8 Å². The van der Waals surface area contributed by atoms with Crippen LogP contribution in [0.2, 0.25) is 0 Å². The average molecular weight is 273 g/mol. The van der Waals surface area contributed by atoms with Crippen LogP contribution in [-0.2, 0) is 14.8 Å². The molecule has 0 aliphatic carbocycles. The van der Waals surface area contributed by atoms with Crippen molar-refractivity contribution in [2.75, 3.05) is 6.54 Å². The summed E-state index contributed by atoms with van der Waals surface area (Å²) in [5, 5.41) is 8.33. The summed E-state index contributed by atoms with van der Waals surface area (Å²) in [5.41, 5.74) is 0.282. The first-order valence-corrected chi connectivity index (χ1v) is 6.46. The number of hydrogen-bond donors (Lipinski definition) is 2. The minimum Gasteiger partial charge on any atom is -0.478 e. The van der Waals surface area contributed by atoms with Crippen molar-refractivity contribution in [3.63, 3.8) is 0 Å². The van der Waals surface area contributed by atoms with Crippen molar-refractivity contribution >= 4 is 16.0 Å². The Hall–Kier alpha value is -1.73. The summed E-state index contributed by atoms with van der Waals surface area (Å²) in [7, 11) is -3.77. The molecule has 5 nitrogen and oxygen atoms in total. The molecule has 98 valence electrons. The Balaban J connectivity index is 2.84. The second-order valence-corrected chi connectivity index (χ2v) is 5.24. The van der Waals surface area contributed by atoms with E-state index in [1.165, 1.54) is 13.0 Å². The van der Waals surface area contributed by atoms with Crippen molar-refractivity contribution in [2.24, 2.45) is 0 Å². The molecule has 1 rings (SSSR count). The SMILES string of the molecule is Cc1cc(F)ccc1S(=O)(=O)NC/C=C/C(=O)O. The number of carbonyl (C=O) groups is 1. The van der Waals surface area contributed by atoms with Gasteiger partial charge in [0.25, 0.3) is 0 Å². The van der Waals surface area contributed by atoms with Crippen LogP contribution < -0.4 is 4.72 Å². The van der Waals surface area contributed by atoms with Gasteiger partial charge in [0.1, 0.15) is 5.82 Å². The van der Waals surface area contributed by atoms with Gasteiger partial charge in [-0.15, -0.1) is 0 Å². The van der Waals surface area contributed by atoms with Crippen LogP contribution in [0.4, 0.5) is 4.39 Å². The third-order valence-electron chi connectivity index (χ3n) is 2.08. The Morgan fingerprint density at radius 3 is 2.72 bits per heavy atom. The summed E-state index contributed by atoms with van der Waals surface area (Å²) < 4.78 is 38.6.